The zero-order chi connectivity index (χ0) is 14.8. The fourth-order valence-corrected chi connectivity index (χ4v) is 2.57. The van der Waals surface area contributed by atoms with E-state index < -0.39 is 0 Å². The van der Waals surface area contributed by atoms with Crippen molar-refractivity contribution in [2.75, 3.05) is 0 Å². The van der Waals surface area contributed by atoms with Crippen LogP contribution in [0, 0.1) is 5.41 Å². The summed E-state index contributed by atoms with van der Waals surface area (Å²) in [5.74, 6) is -0.132. The highest BCUT2D eigenvalue weighted by Crippen LogP contribution is 2.33. The van der Waals surface area contributed by atoms with Crippen LogP contribution in [-0.4, -0.2) is 16.7 Å². The molecule has 1 amide bonds. The molecule has 0 aromatic heterocycles. The monoisotopic (exact) mass is 272 g/mol. The Kier molecular flexibility index (Phi) is 3.93. The first-order valence-corrected chi connectivity index (χ1v) is 6.69. The average Bonchev–Trinajstić information content (AvgIpc) is 2.34. The Morgan fingerprint density at radius 3 is 2.50 bits per heavy atom. The van der Waals surface area contributed by atoms with E-state index in [1.165, 1.54) is 17.7 Å². The van der Waals surface area contributed by atoms with Crippen molar-refractivity contribution in [1.82, 2.24) is 5.43 Å². The van der Waals surface area contributed by atoms with Gasteiger partial charge in [0.05, 0.1) is 5.71 Å². The van der Waals surface area contributed by atoms with Crippen molar-refractivity contribution in [3.05, 3.63) is 41.5 Å². The van der Waals surface area contributed by atoms with Gasteiger partial charge in [0.2, 0.25) is 0 Å². The molecule has 0 bridgehead atoms. The van der Waals surface area contributed by atoms with E-state index in [0.29, 0.717) is 5.56 Å². The molecule has 0 radical (unpaired) electrons. The first-order chi connectivity index (χ1) is 9.35. The minimum Gasteiger partial charge on any atom is -0.508 e. The van der Waals surface area contributed by atoms with Gasteiger partial charge in [-0.3, -0.25) is 4.79 Å². The van der Waals surface area contributed by atoms with Crippen molar-refractivity contribution in [3.63, 3.8) is 0 Å². The zero-order valence-electron chi connectivity index (χ0n) is 12.1. The van der Waals surface area contributed by atoms with Crippen LogP contribution >= 0.6 is 0 Å². The summed E-state index contributed by atoms with van der Waals surface area (Å²) in [6.45, 7) is 6.47. The predicted molar refractivity (Wildman–Crippen MR) is 79.8 cm³/mol. The van der Waals surface area contributed by atoms with Crippen molar-refractivity contribution < 1.29 is 9.90 Å². The quantitative estimate of drug-likeness (QED) is 0.812. The molecule has 0 atom stereocenters. The predicted octanol–water partition coefficient (Wildman–Crippen LogP) is 3.24. The topological polar surface area (TPSA) is 61.7 Å². The largest absolute Gasteiger partial charge is 0.508 e. The number of phenolic OH excluding ortho intramolecular Hbond substituents is 1. The number of rotatable bonds is 2. The number of carbonyl (C=O) groups is 1. The molecule has 1 aliphatic rings. The summed E-state index contributed by atoms with van der Waals surface area (Å²) in [5, 5.41) is 13.4. The summed E-state index contributed by atoms with van der Waals surface area (Å²) < 4.78 is 0. The summed E-state index contributed by atoms with van der Waals surface area (Å²) in [4.78, 5) is 11.9. The average molecular weight is 272 g/mol. The van der Waals surface area contributed by atoms with Crippen LogP contribution in [0.3, 0.4) is 0 Å². The first kappa shape index (κ1) is 14.3. The van der Waals surface area contributed by atoms with Gasteiger partial charge in [-0.15, -0.1) is 0 Å². The van der Waals surface area contributed by atoms with Crippen LogP contribution < -0.4 is 5.43 Å². The number of benzene rings is 1. The van der Waals surface area contributed by atoms with E-state index in [2.05, 4.69) is 31.3 Å². The molecule has 20 heavy (non-hydrogen) atoms. The Bertz CT molecular complexity index is 569. The number of amides is 1. The Hall–Kier alpha value is -2.10. The van der Waals surface area contributed by atoms with Crippen molar-refractivity contribution in [3.8, 4) is 5.75 Å². The maximum absolute atomic E-state index is 11.9. The lowest BCUT2D eigenvalue weighted by Gasteiger charge is -2.29. The molecule has 4 nitrogen and oxygen atoms in total. The van der Waals surface area contributed by atoms with Gasteiger partial charge in [0.15, 0.2) is 0 Å². The zero-order valence-corrected chi connectivity index (χ0v) is 12.1. The number of carbonyl (C=O) groups excluding carboxylic acids is 1. The van der Waals surface area contributed by atoms with Gasteiger partial charge in [0.1, 0.15) is 5.75 Å². The van der Waals surface area contributed by atoms with E-state index in [1.54, 1.807) is 12.1 Å². The Morgan fingerprint density at radius 1 is 1.25 bits per heavy atom. The van der Waals surface area contributed by atoms with Gasteiger partial charge >= 0.3 is 0 Å². The first-order valence-electron chi connectivity index (χ1n) is 6.69. The fraction of sp³-hybridized carbons (Fsp3) is 0.375. The number of hydrogen-bond donors (Lipinski definition) is 2. The molecule has 0 fully saturated rings. The number of nitrogens with zero attached hydrogens (tertiary/aromatic N) is 1. The van der Waals surface area contributed by atoms with Crippen molar-refractivity contribution in [2.24, 2.45) is 10.5 Å². The molecule has 1 aliphatic carbocycles. The van der Waals surface area contributed by atoms with Gasteiger partial charge < -0.3 is 5.11 Å². The number of allylic oxidation sites excluding steroid dienone is 2. The third-order valence-electron chi connectivity index (χ3n) is 3.26. The second-order valence-electron chi connectivity index (χ2n) is 6.10. The summed E-state index contributed by atoms with van der Waals surface area (Å²) in [6.07, 6.45) is 3.93. The highest BCUT2D eigenvalue weighted by molar-refractivity contribution is 5.99. The van der Waals surface area contributed by atoms with Crippen LogP contribution in [0.25, 0.3) is 0 Å². The second kappa shape index (κ2) is 5.49. The molecular weight excluding hydrogens is 252 g/mol. The molecule has 4 heteroatoms. The maximum atomic E-state index is 11.9. The molecule has 0 unspecified atom stereocenters. The van der Waals surface area contributed by atoms with E-state index in [0.717, 1.165) is 18.6 Å². The maximum Gasteiger partial charge on any atom is 0.271 e. The molecule has 0 saturated heterocycles. The van der Waals surface area contributed by atoms with Gasteiger partial charge in [-0.25, -0.2) is 5.43 Å². The minimum absolute atomic E-state index is 0.139. The number of hydrogen-bond acceptors (Lipinski definition) is 3. The van der Waals surface area contributed by atoms with Gasteiger partial charge in [0.25, 0.3) is 5.91 Å². The smallest absolute Gasteiger partial charge is 0.271 e. The fourth-order valence-electron chi connectivity index (χ4n) is 2.57. The van der Waals surface area contributed by atoms with Crippen LogP contribution in [0.4, 0.5) is 0 Å². The van der Waals surface area contributed by atoms with Gasteiger partial charge in [0, 0.05) is 5.56 Å². The molecule has 1 aromatic carbocycles. The SMILES string of the molecule is CC1=C/C(=N/NC(=O)c2ccc(O)cc2)CC(C)(C)C1. The Balaban J connectivity index is 2.07. The molecule has 106 valence electrons. The molecule has 0 aliphatic heterocycles. The number of hydrazone groups is 1. The number of phenols is 1. The van der Waals surface area contributed by atoms with Crippen LogP contribution in [0.2, 0.25) is 0 Å². The van der Waals surface area contributed by atoms with Gasteiger partial charge in [-0.05, 0) is 55.5 Å². The minimum atomic E-state index is -0.271. The summed E-state index contributed by atoms with van der Waals surface area (Å²) in [7, 11) is 0. The van der Waals surface area contributed by atoms with Crippen LogP contribution in [0.1, 0.15) is 44.0 Å². The second-order valence-corrected chi connectivity index (χ2v) is 6.10. The molecule has 1 aromatic rings. The van der Waals surface area contributed by atoms with Crippen LogP contribution in [0.15, 0.2) is 41.0 Å². The molecule has 0 spiro atoms. The number of aromatic hydroxyl groups is 1. The standard InChI is InChI=1S/C16H20N2O2/c1-11-8-13(10-16(2,3)9-11)17-18-15(20)12-4-6-14(19)7-5-12/h4-8,19H,9-10H2,1-3H3,(H,18,20)/b17-13-. The highest BCUT2D eigenvalue weighted by Gasteiger charge is 2.24. The number of nitrogens with one attached hydrogen (secondary N) is 1. The Morgan fingerprint density at radius 2 is 1.90 bits per heavy atom. The molecule has 0 heterocycles. The highest BCUT2D eigenvalue weighted by atomic mass is 16.3. The van der Waals surface area contributed by atoms with Crippen LogP contribution in [0.5, 0.6) is 5.75 Å². The third kappa shape index (κ3) is 3.70. The lowest BCUT2D eigenvalue weighted by molar-refractivity contribution is 0.0954. The van der Waals surface area contributed by atoms with Gasteiger partial charge in [-0.2, -0.15) is 5.10 Å². The summed E-state index contributed by atoms with van der Waals surface area (Å²) in [6, 6.07) is 6.10. The van der Waals surface area contributed by atoms with Crippen molar-refractivity contribution in [2.45, 2.75) is 33.6 Å². The molecule has 0 saturated carbocycles. The third-order valence-corrected chi connectivity index (χ3v) is 3.26. The summed E-state index contributed by atoms with van der Waals surface area (Å²) >= 11 is 0. The van der Waals surface area contributed by atoms with Crippen LogP contribution in [-0.2, 0) is 0 Å². The molecule has 2 rings (SSSR count). The Labute approximate surface area is 119 Å². The summed E-state index contributed by atoms with van der Waals surface area (Å²) in [5.41, 5.74) is 5.40. The van der Waals surface area contributed by atoms with E-state index >= 15 is 0 Å². The lowest BCUT2D eigenvalue weighted by Crippen LogP contribution is -2.25. The van der Waals surface area contributed by atoms with Crippen molar-refractivity contribution >= 4 is 11.6 Å². The van der Waals surface area contributed by atoms with Gasteiger partial charge in [-0.1, -0.05) is 19.4 Å². The van der Waals surface area contributed by atoms with E-state index in [1.807, 2.05) is 6.08 Å². The van der Waals surface area contributed by atoms with Crippen molar-refractivity contribution in [1.29, 1.82) is 0 Å². The molecule has 2 N–H and O–H groups in total. The van der Waals surface area contributed by atoms with E-state index in [4.69, 9.17) is 0 Å². The normalized spacial score (nSPS) is 19.6. The van der Waals surface area contributed by atoms with E-state index in [9.17, 15) is 9.90 Å². The lowest BCUT2D eigenvalue weighted by atomic mass is 9.77. The van der Waals surface area contributed by atoms with E-state index in [-0.39, 0.29) is 17.1 Å². The molecular formula is C16H20N2O2.